The molecule has 2 N–H and O–H groups in total. The van der Waals surface area contributed by atoms with E-state index in [0.29, 0.717) is 11.6 Å². The van der Waals surface area contributed by atoms with Crippen LogP contribution >= 0.6 is 0 Å². The number of aryl methyl sites for hydroxylation is 1. The van der Waals surface area contributed by atoms with E-state index in [1.54, 1.807) is 0 Å². The molecular formula is C14H11F2NO4S. The predicted molar refractivity (Wildman–Crippen MR) is 75.3 cm³/mol. The Morgan fingerprint density at radius 3 is 2.45 bits per heavy atom. The van der Waals surface area contributed by atoms with Crippen LogP contribution in [0.25, 0.3) is 0 Å². The van der Waals surface area contributed by atoms with Gasteiger partial charge in [0.25, 0.3) is 10.0 Å². The zero-order chi connectivity index (χ0) is 16.5. The number of para-hydroxylation sites is 1. The highest BCUT2D eigenvalue weighted by Crippen LogP contribution is 2.25. The van der Waals surface area contributed by atoms with Crippen molar-refractivity contribution in [3.8, 4) is 0 Å². The molecule has 0 fully saturated rings. The molecule has 0 aliphatic carbocycles. The van der Waals surface area contributed by atoms with Gasteiger partial charge in [-0.25, -0.2) is 22.0 Å². The van der Waals surface area contributed by atoms with Gasteiger partial charge < -0.3 is 5.11 Å². The molecule has 22 heavy (non-hydrogen) atoms. The molecule has 0 amide bonds. The fourth-order valence-corrected chi connectivity index (χ4v) is 3.08. The van der Waals surface area contributed by atoms with E-state index in [1.807, 2.05) is 4.72 Å². The zero-order valence-electron chi connectivity index (χ0n) is 11.3. The number of carboxylic acids is 1. The van der Waals surface area contributed by atoms with E-state index < -0.39 is 32.5 Å². The summed E-state index contributed by atoms with van der Waals surface area (Å²) in [6, 6.07) is 6.18. The highest BCUT2D eigenvalue weighted by Gasteiger charge is 2.23. The van der Waals surface area contributed by atoms with Crippen molar-refractivity contribution in [2.75, 3.05) is 4.72 Å². The minimum Gasteiger partial charge on any atom is -0.478 e. The largest absolute Gasteiger partial charge is 0.478 e. The molecule has 116 valence electrons. The number of aromatic carboxylic acids is 1. The van der Waals surface area contributed by atoms with Crippen LogP contribution in [0, 0.1) is 18.6 Å². The van der Waals surface area contributed by atoms with Crippen molar-refractivity contribution in [1.29, 1.82) is 0 Å². The number of carboxylic acid groups (broad SMARTS) is 1. The number of hydrogen-bond donors (Lipinski definition) is 2. The summed E-state index contributed by atoms with van der Waals surface area (Å²) in [5.74, 6) is -3.52. The number of sulfonamides is 1. The Morgan fingerprint density at radius 1 is 1.18 bits per heavy atom. The van der Waals surface area contributed by atoms with Gasteiger partial charge in [-0.2, -0.15) is 0 Å². The highest BCUT2D eigenvalue weighted by atomic mass is 32.2. The number of carbonyl (C=O) groups is 1. The molecule has 2 rings (SSSR count). The van der Waals surface area contributed by atoms with E-state index in [2.05, 4.69) is 0 Å². The van der Waals surface area contributed by atoms with Crippen molar-refractivity contribution in [1.82, 2.24) is 0 Å². The molecule has 0 saturated carbocycles. The Labute approximate surface area is 125 Å². The quantitative estimate of drug-likeness (QED) is 0.904. The van der Waals surface area contributed by atoms with E-state index in [4.69, 9.17) is 5.11 Å². The first-order valence-electron chi connectivity index (χ1n) is 6.03. The number of halogens is 2. The molecule has 0 aromatic heterocycles. The summed E-state index contributed by atoms with van der Waals surface area (Å²) >= 11 is 0. The lowest BCUT2D eigenvalue weighted by molar-refractivity contribution is 0.0698. The molecule has 8 heteroatoms. The summed E-state index contributed by atoms with van der Waals surface area (Å²) in [5, 5.41) is 9.09. The van der Waals surface area contributed by atoms with Gasteiger partial charge in [-0.3, -0.25) is 4.72 Å². The van der Waals surface area contributed by atoms with Crippen molar-refractivity contribution in [2.24, 2.45) is 0 Å². The lowest BCUT2D eigenvalue weighted by atomic mass is 10.1. The fourth-order valence-electron chi connectivity index (χ4n) is 1.86. The predicted octanol–water partition coefficient (Wildman–Crippen LogP) is 2.77. The molecule has 0 radical (unpaired) electrons. The van der Waals surface area contributed by atoms with Gasteiger partial charge in [0.15, 0.2) is 0 Å². The second kappa shape index (κ2) is 5.72. The van der Waals surface area contributed by atoms with Crippen LogP contribution in [0.3, 0.4) is 0 Å². The summed E-state index contributed by atoms with van der Waals surface area (Å²) in [7, 11) is -4.39. The second-order valence-electron chi connectivity index (χ2n) is 4.48. The maximum atomic E-state index is 13.6. The van der Waals surface area contributed by atoms with Gasteiger partial charge in [-0.05, 0) is 30.7 Å². The molecule has 0 aliphatic rings. The molecule has 0 aliphatic heterocycles. The topological polar surface area (TPSA) is 83.5 Å². The summed E-state index contributed by atoms with van der Waals surface area (Å²) < 4.78 is 52.9. The third-order valence-electron chi connectivity index (χ3n) is 2.92. The van der Waals surface area contributed by atoms with Crippen LogP contribution in [0.5, 0.6) is 0 Å². The van der Waals surface area contributed by atoms with Crippen molar-refractivity contribution in [3.05, 3.63) is 59.2 Å². The summed E-state index contributed by atoms with van der Waals surface area (Å²) in [6.07, 6.45) is 0. The first-order valence-corrected chi connectivity index (χ1v) is 7.51. The average Bonchev–Trinajstić information content (AvgIpc) is 2.40. The Balaban J connectivity index is 2.52. The molecule has 0 saturated heterocycles. The first-order chi connectivity index (χ1) is 10.2. The highest BCUT2D eigenvalue weighted by molar-refractivity contribution is 7.92. The Morgan fingerprint density at radius 2 is 1.86 bits per heavy atom. The third-order valence-corrected chi connectivity index (χ3v) is 4.31. The van der Waals surface area contributed by atoms with Gasteiger partial charge in [-0.1, -0.05) is 12.1 Å². The van der Waals surface area contributed by atoms with Gasteiger partial charge in [0.1, 0.15) is 16.5 Å². The number of nitrogens with one attached hydrogen (secondary N) is 1. The smallest absolute Gasteiger partial charge is 0.337 e. The number of rotatable bonds is 4. The summed E-state index contributed by atoms with van der Waals surface area (Å²) in [6.45, 7) is 1.51. The minimum atomic E-state index is -4.39. The van der Waals surface area contributed by atoms with Crippen molar-refractivity contribution in [3.63, 3.8) is 0 Å². The average molecular weight is 327 g/mol. The molecule has 0 spiro atoms. The van der Waals surface area contributed by atoms with Crippen LogP contribution in [0.4, 0.5) is 14.5 Å². The number of benzene rings is 2. The van der Waals surface area contributed by atoms with E-state index in [1.165, 1.54) is 25.1 Å². The number of anilines is 1. The van der Waals surface area contributed by atoms with Crippen LogP contribution in [-0.2, 0) is 10.0 Å². The Kier molecular flexibility index (Phi) is 4.14. The molecule has 0 bridgehead atoms. The van der Waals surface area contributed by atoms with Crippen LogP contribution < -0.4 is 4.72 Å². The van der Waals surface area contributed by atoms with Crippen LogP contribution in [0.15, 0.2) is 41.3 Å². The van der Waals surface area contributed by atoms with Crippen LogP contribution in [0.1, 0.15) is 15.9 Å². The first kappa shape index (κ1) is 15.9. The van der Waals surface area contributed by atoms with Gasteiger partial charge in [0.05, 0.1) is 11.3 Å². The SMILES string of the molecule is Cc1cccc(C(=O)O)c1NS(=O)(=O)c1ccc(F)cc1F. The monoisotopic (exact) mass is 327 g/mol. The lowest BCUT2D eigenvalue weighted by Gasteiger charge is -2.13. The van der Waals surface area contributed by atoms with E-state index in [0.717, 1.165) is 12.1 Å². The Bertz CT molecular complexity index is 850. The molecule has 5 nitrogen and oxygen atoms in total. The normalized spacial score (nSPS) is 11.2. The van der Waals surface area contributed by atoms with Gasteiger partial charge in [-0.15, -0.1) is 0 Å². The zero-order valence-corrected chi connectivity index (χ0v) is 12.1. The van der Waals surface area contributed by atoms with Gasteiger partial charge in [0.2, 0.25) is 0 Å². The van der Waals surface area contributed by atoms with Crippen LogP contribution in [0.2, 0.25) is 0 Å². The molecule has 2 aromatic rings. The van der Waals surface area contributed by atoms with Crippen molar-refractivity contribution in [2.45, 2.75) is 11.8 Å². The van der Waals surface area contributed by atoms with Gasteiger partial charge >= 0.3 is 5.97 Å². The molecule has 0 unspecified atom stereocenters. The molecule has 0 heterocycles. The van der Waals surface area contributed by atoms with Crippen molar-refractivity contribution < 1.29 is 27.1 Å². The van der Waals surface area contributed by atoms with Crippen LogP contribution in [-0.4, -0.2) is 19.5 Å². The Hall–Kier alpha value is -2.48. The summed E-state index contributed by atoms with van der Waals surface area (Å²) in [4.78, 5) is 10.4. The molecule has 2 aromatic carbocycles. The maximum absolute atomic E-state index is 13.6. The second-order valence-corrected chi connectivity index (χ2v) is 6.13. The number of hydrogen-bond acceptors (Lipinski definition) is 3. The minimum absolute atomic E-state index is 0.168. The van der Waals surface area contributed by atoms with E-state index in [-0.39, 0.29) is 11.3 Å². The lowest BCUT2D eigenvalue weighted by Crippen LogP contribution is -2.18. The molecular weight excluding hydrogens is 316 g/mol. The van der Waals surface area contributed by atoms with E-state index in [9.17, 15) is 22.0 Å². The summed E-state index contributed by atoms with van der Waals surface area (Å²) in [5.41, 5.74) is -0.0872. The third kappa shape index (κ3) is 3.06. The maximum Gasteiger partial charge on any atom is 0.337 e. The van der Waals surface area contributed by atoms with Gasteiger partial charge in [0, 0.05) is 6.07 Å². The van der Waals surface area contributed by atoms with E-state index >= 15 is 0 Å². The molecule has 0 atom stereocenters. The van der Waals surface area contributed by atoms with Crippen molar-refractivity contribution >= 4 is 21.7 Å². The standard InChI is InChI=1S/C14H11F2NO4S/c1-8-3-2-4-10(14(18)19)13(8)17-22(20,21)12-6-5-9(15)7-11(12)16/h2-7,17H,1H3,(H,18,19). The fraction of sp³-hybridized carbons (Fsp3) is 0.0714.